The van der Waals surface area contributed by atoms with Gasteiger partial charge in [0.25, 0.3) is 11.8 Å². The first-order chi connectivity index (χ1) is 15.6. The summed E-state index contributed by atoms with van der Waals surface area (Å²) >= 11 is 1.47. The van der Waals surface area contributed by atoms with Gasteiger partial charge < -0.3 is 9.84 Å². The van der Waals surface area contributed by atoms with Gasteiger partial charge in [0, 0.05) is 30.1 Å². The molecule has 0 saturated heterocycles. The summed E-state index contributed by atoms with van der Waals surface area (Å²) in [6.07, 6.45) is 3.74. The molecule has 158 valence electrons. The monoisotopic (exact) mass is 442 g/mol. The molecule has 0 aliphatic carbocycles. The Bertz CT molecular complexity index is 1410. The number of nitrogens with zero attached hydrogens (tertiary/aromatic N) is 5. The number of hydrogen-bond acceptors (Lipinski definition) is 8. The number of rotatable bonds is 5. The third-order valence-electron chi connectivity index (χ3n) is 4.93. The van der Waals surface area contributed by atoms with Crippen molar-refractivity contribution in [3.63, 3.8) is 0 Å². The summed E-state index contributed by atoms with van der Waals surface area (Å²) < 4.78 is 6.35. The zero-order chi connectivity index (χ0) is 22.1. The quantitative estimate of drug-likeness (QED) is 0.411. The molecule has 3 heterocycles. The first-order valence-corrected chi connectivity index (χ1v) is 10.9. The normalized spacial score (nSPS) is 11.1. The van der Waals surface area contributed by atoms with Crippen LogP contribution in [0.25, 0.3) is 32.4 Å². The van der Waals surface area contributed by atoms with Gasteiger partial charge in [0.2, 0.25) is 0 Å². The van der Waals surface area contributed by atoms with Crippen LogP contribution in [0.15, 0.2) is 59.4 Å². The Labute approximate surface area is 187 Å². The molecule has 0 unspecified atom stereocenters. The molecule has 0 aliphatic heterocycles. The van der Waals surface area contributed by atoms with Crippen LogP contribution in [0.3, 0.4) is 0 Å². The van der Waals surface area contributed by atoms with E-state index in [2.05, 4.69) is 30.4 Å². The lowest BCUT2D eigenvalue weighted by molar-refractivity contribution is 0.102. The number of aromatic nitrogens is 5. The van der Waals surface area contributed by atoms with Crippen molar-refractivity contribution in [2.24, 2.45) is 0 Å². The molecule has 0 saturated carbocycles. The molecule has 5 rings (SSSR count). The van der Waals surface area contributed by atoms with Crippen LogP contribution in [0.5, 0.6) is 0 Å². The van der Waals surface area contributed by atoms with Crippen molar-refractivity contribution < 1.29 is 9.32 Å². The number of fused-ring (bicyclic) bond motifs is 1. The highest BCUT2D eigenvalue weighted by Gasteiger charge is 2.20. The minimum Gasteiger partial charge on any atom is -0.334 e. The largest absolute Gasteiger partial charge is 0.334 e. The van der Waals surface area contributed by atoms with E-state index < -0.39 is 0 Å². The van der Waals surface area contributed by atoms with E-state index in [1.54, 1.807) is 6.20 Å². The molecule has 0 bridgehead atoms. The third-order valence-corrected chi connectivity index (χ3v) is 5.97. The van der Waals surface area contributed by atoms with Crippen molar-refractivity contribution >= 4 is 33.1 Å². The maximum atomic E-state index is 13.2. The summed E-state index contributed by atoms with van der Waals surface area (Å²) in [5, 5.41) is 7.53. The van der Waals surface area contributed by atoms with Crippen LogP contribution in [0.1, 0.15) is 28.8 Å². The van der Waals surface area contributed by atoms with Crippen molar-refractivity contribution in [2.45, 2.75) is 20.3 Å². The number of para-hydroxylation sites is 1. The molecular formula is C23H18N6O2S. The highest BCUT2D eigenvalue weighted by atomic mass is 32.1. The van der Waals surface area contributed by atoms with Crippen LogP contribution in [-0.4, -0.2) is 31.0 Å². The molecule has 8 nitrogen and oxygen atoms in total. The lowest BCUT2D eigenvalue weighted by atomic mass is 10.1. The molecule has 3 aromatic heterocycles. The Balaban J connectivity index is 1.48. The van der Waals surface area contributed by atoms with Gasteiger partial charge in [0.05, 0.1) is 10.2 Å². The van der Waals surface area contributed by atoms with Crippen molar-refractivity contribution in [3.05, 3.63) is 71.9 Å². The van der Waals surface area contributed by atoms with Crippen LogP contribution in [0.4, 0.5) is 5.69 Å². The number of carbonyl (C=O) groups is 1. The second-order valence-corrected chi connectivity index (χ2v) is 8.12. The summed E-state index contributed by atoms with van der Waals surface area (Å²) in [6.45, 7) is 3.87. The van der Waals surface area contributed by atoms with Gasteiger partial charge in [-0.2, -0.15) is 4.98 Å². The van der Waals surface area contributed by atoms with Gasteiger partial charge >= 0.3 is 0 Å². The van der Waals surface area contributed by atoms with Gasteiger partial charge in [-0.1, -0.05) is 30.3 Å². The van der Waals surface area contributed by atoms with Crippen LogP contribution in [0.2, 0.25) is 0 Å². The highest BCUT2D eigenvalue weighted by molar-refractivity contribution is 7.21. The van der Waals surface area contributed by atoms with Crippen LogP contribution < -0.4 is 5.32 Å². The number of nitrogens with one attached hydrogen (secondary N) is 1. The van der Waals surface area contributed by atoms with E-state index in [-0.39, 0.29) is 11.6 Å². The molecule has 32 heavy (non-hydrogen) atoms. The van der Waals surface area contributed by atoms with E-state index in [4.69, 9.17) is 4.52 Å². The van der Waals surface area contributed by atoms with Gasteiger partial charge in [-0.15, -0.1) is 11.3 Å². The fourth-order valence-corrected chi connectivity index (χ4v) is 4.18. The van der Waals surface area contributed by atoms with Gasteiger partial charge in [0.15, 0.2) is 11.5 Å². The van der Waals surface area contributed by atoms with E-state index in [1.165, 1.54) is 17.5 Å². The van der Waals surface area contributed by atoms with E-state index in [0.717, 1.165) is 21.3 Å². The summed E-state index contributed by atoms with van der Waals surface area (Å²) in [7, 11) is 0. The van der Waals surface area contributed by atoms with E-state index >= 15 is 0 Å². The minimum absolute atomic E-state index is 0.211. The maximum absolute atomic E-state index is 13.2. The Morgan fingerprint density at radius 1 is 1.09 bits per heavy atom. The molecule has 0 radical (unpaired) electrons. The molecule has 1 amide bonds. The fourth-order valence-electron chi connectivity index (χ4n) is 3.22. The first-order valence-electron chi connectivity index (χ1n) is 10.0. The summed E-state index contributed by atoms with van der Waals surface area (Å²) in [6, 6.07) is 13.4. The predicted molar refractivity (Wildman–Crippen MR) is 122 cm³/mol. The molecular weight excluding hydrogens is 424 g/mol. The van der Waals surface area contributed by atoms with E-state index in [1.807, 2.05) is 56.3 Å². The lowest BCUT2D eigenvalue weighted by Crippen LogP contribution is -2.16. The van der Waals surface area contributed by atoms with Crippen molar-refractivity contribution in [3.8, 4) is 22.2 Å². The number of amides is 1. The molecule has 0 aliphatic rings. The Hall–Kier alpha value is -3.98. The standard InChI is InChI=1S/C23H18N6O2S/c1-3-18-28-22(31-29-18)14-9-8-13(2)16(12-14)26-21(30)19-20(25-11-10-24-19)23-27-15-6-4-5-7-17(15)32-23/h4-12H,3H2,1-2H3,(H,26,30). The second-order valence-electron chi connectivity index (χ2n) is 7.09. The third kappa shape index (κ3) is 3.74. The minimum atomic E-state index is -0.368. The smallest absolute Gasteiger partial charge is 0.276 e. The maximum Gasteiger partial charge on any atom is 0.276 e. The Kier molecular flexibility index (Phi) is 5.16. The van der Waals surface area contributed by atoms with Gasteiger partial charge in [-0.05, 0) is 36.8 Å². The SMILES string of the molecule is CCc1noc(-c2ccc(C)c(NC(=O)c3nccnc3-c3nc4ccccc4s3)c2)n1. The molecule has 5 aromatic rings. The molecule has 0 spiro atoms. The van der Waals surface area contributed by atoms with Gasteiger partial charge in [0.1, 0.15) is 10.7 Å². The Morgan fingerprint density at radius 3 is 2.75 bits per heavy atom. The molecule has 0 atom stereocenters. The average Bonchev–Trinajstić information content (AvgIpc) is 3.47. The predicted octanol–water partition coefficient (Wildman–Crippen LogP) is 4.93. The second kappa shape index (κ2) is 8.27. The number of hydrogen-bond donors (Lipinski definition) is 1. The molecule has 9 heteroatoms. The number of carbonyl (C=O) groups excluding carboxylic acids is 1. The number of thiazole rings is 1. The lowest BCUT2D eigenvalue weighted by Gasteiger charge is -2.10. The molecule has 1 N–H and O–H groups in total. The molecule has 2 aromatic carbocycles. The Morgan fingerprint density at radius 2 is 1.94 bits per heavy atom. The number of benzene rings is 2. The summed E-state index contributed by atoms with van der Waals surface area (Å²) in [5.41, 5.74) is 3.77. The van der Waals surface area contributed by atoms with Crippen LogP contribution in [-0.2, 0) is 6.42 Å². The van der Waals surface area contributed by atoms with Crippen LogP contribution in [0, 0.1) is 6.92 Å². The topological polar surface area (TPSA) is 107 Å². The van der Waals surface area contributed by atoms with Gasteiger partial charge in [-0.25, -0.2) is 15.0 Å². The number of aryl methyl sites for hydroxylation is 2. The highest BCUT2D eigenvalue weighted by Crippen LogP contribution is 2.31. The van der Waals surface area contributed by atoms with E-state index in [0.29, 0.717) is 34.5 Å². The zero-order valence-electron chi connectivity index (χ0n) is 17.4. The summed E-state index contributed by atoms with van der Waals surface area (Å²) in [4.78, 5) is 30.9. The van der Waals surface area contributed by atoms with Gasteiger partial charge in [-0.3, -0.25) is 4.79 Å². The fraction of sp³-hybridized carbons (Fsp3) is 0.130. The van der Waals surface area contributed by atoms with Crippen molar-refractivity contribution in [1.82, 2.24) is 25.1 Å². The zero-order valence-corrected chi connectivity index (χ0v) is 18.2. The summed E-state index contributed by atoms with van der Waals surface area (Å²) in [5.74, 6) is 0.672. The first kappa shape index (κ1) is 20.0. The van der Waals surface area contributed by atoms with Crippen molar-refractivity contribution in [2.75, 3.05) is 5.32 Å². The average molecular weight is 443 g/mol. The van der Waals surface area contributed by atoms with Crippen LogP contribution >= 0.6 is 11.3 Å². The molecule has 0 fully saturated rings. The van der Waals surface area contributed by atoms with Crippen molar-refractivity contribution in [1.29, 1.82) is 0 Å². The van der Waals surface area contributed by atoms with E-state index in [9.17, 15) is 4.79 Å². The number of anilines is 1.